The number of aryl methyl sites for hydroxylation is 1. The molecule has 0 bridgehead atoms. The number of sulfone groups is 1. The van der Waals surface area contributed by atoms with Crippen molar-refractivity contribution in [3.05, 3.63) is 90.4 Å². The number of hydrogen-bond acceptors (Lipinski definition) is 6. The molecule has 0 spiro atoms. The third-order valence-electron chi connectivity index (χ3n) is 6.24. The third-order valence-corrected chi connectivity index (χ3v) is 7.35. The summed E-state index contributed by atoms with van der Waals surface area (Å²) in [5.74, 6) is -3.69. The zero-order valence-corrected chi connectivity index (χ0v) is 23.1. The standard InChI is InChI=1S/C28H22F5N5O3S/c1-17-13-26(27(2,29)30)38(35-17)23-12-9-20(19-5-4-6-22(14-19)42(3,39)40)15-24(23)37-25(16-34-36-37)18-7-10-21(11-8-18)41-28(31,32)33/h4-16H,1-3H3. The second-order valence-corrected chi connectivity index (χ2v) is 11.6. The van der Waals surface area contributed by atoms with Crippen LogP contribution in [0.1, 0.15) is 18.3 Å². The van der Waals surface area contributed by atoms with E-state index in [4.69, 9.17) is 0 Å². The maximum atomic E-state index is 14.6. The first-order valence-corrected chi connectivity index (χ1v) is 14.2. The van der Waals surface area contributed by atoms with Crippen molar-refractivity contribution in [2.24, 2.45) is 0 Å². The normalized spacial score (nSPS) is 12.5. The zero-order valence-electron chi connectivity index (χ0n) is 22.3. The van der Waals surface area contributed by atoms with E-state index in [9.17, 15) is 30.4 Å². The van der Waals surface area contributed by atoms with Gasteiger partial charge in [0.1, 0.15) is 11.4 Å². The minimum absolute atomic E-state index is 0.0869. The van der Waals surface area contributed by atoms with Gasteiger partial charge in [-0.2, -0.15) is 13.9 Å². The largest absolute Gasteiger partial charge is 0.573 e. The van der Waals surface area contributed by atoms with Crippen LogP contribution in [0.3, 0.4) is 0 Å². The van der Waals surface area contributed by atoms with Crippen LogP contribution in [-0.2, 0) is 15.8 Å². The molecule has 5 rings (SSSR count). The molecule has 0 unspecified atom stereocenters. The highest BCUT2D eigenvalue weighted by molar-refractivity contribution is 7.90. The van der Waals surface area contributed by atoms with Gasteiger partial charge in [0.05, 0.1) is 33.9 Å². The summed E-state index contributed by atoms with van der Waals surface area (Å²) in [6.45, 7) is 2.32. The Morgan fingerprint density at radius 3 is 2.12 bits per heavy atom. The Hall–Kier alpha value is -4.59. The van der Waals surface area contributed by atoms with Crippen LogP contribution in [0.25, 0.3) is 33.8 Å². The molecule has 0 fully saturated rings. The Kier molecular flexibility index (Phi) is 7.13. The van der Waals surface area contributed by atoms with Crippen molar-refractivity contribution in [2.75, 3.05) is 6.26 Å². The van der Waals surface area contributed by atoms with E-state index in [0.717, 1.165) is 30.0 Å². The van der Waals surface area contributed by atoms with E-state index in [1.165, 1.54) is 41.2 Å². The monoisotopic (exact) mass is 603 g/mol. The number of ether oxygens (including phenoxy) is 1. The van der Waals surface area contributed by atoms with Gasteiger partial charge in [0, 0.05) is 18.7 Å². The number of nitrogens with zero attached hydrogens (tertiary/aromatic N) is 5. The molecule has 2 aromatic heterocycles. The molecule has 0 amide bonds. The Morgan fingerprint density at radius 1 is 0.810 bits per heavy atom. The smallest absolute Gasteiger partial charge is 0.406 e. The van der Waals surface area contributed by atoms with E-state index >= 15 is 0 Å². The van der Waals surface area contributed by atoms with Crippen LogP contribution in [0.2, 0.25) is 0 Å². The molecular formula is C28H22F5N5O3S. The summed E-state index contributed by atoms with van der Waals surface area (Å²) >= 11 is 0. The van der Waals surface area contributed by atoms with Crippen LogP contribution in [0.5, 0.6) is 5.75 Å². The van der Waals surface area contributed by atoms with Gasteiger partial charge >= 0.3 is 6.36 Å². The Bertz CT molecular complexity index is 1880. The first kappa shape index (κ1) is 28.9. The number of rotatable bonds is 7. The molecule has 5 aromatic rings. The van der Waals surface area contributed by atoms with Crippen LogP contribution in [0.4, 0.5) is 22.0 Å². The number of alkyl halides is 5. The topological polar surface area (TPSA) is 91.9 Å². The SMILES string of the molecule is Cc1cc(C(C)(F)F)n(-c2ccc(-c3cccc(S(C)(=O)=O)c3)cc2-n2nncc2-c2ccc(OC(F)(F)F)cc2)n1. The molecule has 0 aliphatic carbocycles. The van der Waals surface area contributed by atoms with Crippen molar-refractivity contribution in [1.82, 2.24) is 24.8 Å². The highest BCUT2D eigenvalue weighted by atomic mass is 32.2. The molecule has 0 aliphatic heterocycles. The van der Waals surface area contributed by atoms with Crippen LogP contribution in [0.15, 0.2) is 83.9 Å². The molecule has 0 aliphatic rings. The lowest BCUT2D eigenvalue weighted by molar-refractivity contribution is -0.274. The van der Waals surface area contributed by atoms with Crippen LogP contribution in [-0.4, -0.2) is 45.8 Å². The highest BCUT2D eigenvalue weighted by Gasteiger charge is 2.32. The molecular weight excluding hydrogens is 581 g/mol. The van der Waals surface area contributed by atoms with Gasteiger partial charge < -0.3 is 4.74 Å². The van der Waals surface area contributed by atoms with Crippen LogP contribution >= 0.6 is 0 Å². The van der Waals surface area contributed by atoms with Crippen molar-refractivity contribution in [3.8, 4) is 39.5 Å². The second-order valence-electron chi connectivity index (χ2n) is 9.58. The molecule has 3 aromatic carbocycles. The Balaban J connectivity index is 1.71. The maximum absolute atomic E-state index is 14.6. The van der Waals surface area contributed by atoms with Gasteiger partial charge in [-0.15, -0.1) is 18.3 Å². The minimum Gasteiger partial charge on any atom is -0.406 e. The zero-order chi connectivity index (χ0) is 30.4. The van der Waals surface area contributed by atoms with Gasteiger partial charge in [0.15, 0.2) is 9.84 Å². The van der Waals surface area contributed by atoms with Crippen molar-refractivity contribution in [2.45, 2.75) is 31.0 Å². The van der Waals surface area contributed by atoms with E-state index in [1.54, 1.807) is 37.3 Å². The first-order valence-electron chi connectivity index (χ1n) is 12.3. The molecule has 0 N–H and O–H groups in total. The predicted molar refractivity (Wildman–Crippen MR) is 143 cm³/mol. The van der Waals surface area contributed by atoms with Crippen molar-refractivity contribution in [3.63, 3.8) is 0 Å². The van der Waals surface area contributed by atoms with Gasteiger partial charge in [-0.1, -0.05) is 23.4 Å². The fourth-order valence-electron chi connectivity index (χ4n) is 4.39. The first-order chi connectivity index (χ1) is 19.6. The maximum Gasteiger partial charge on any atom is 0.573 e. The molecule has 0 atom stereocenters. The third kappa shape index (κ3) is 6.03. The Morgan fingerprint density at radius 2 is 1.48 bits per heavy atom. The molecule has 0 radical (unpaired) electrons. The minimum atomic E-state index is -4.87. The summed E-state index contributed by atoms with van der Waals surface area (Å²) in [6, 6.07) is 17.3. The van der Waals surface area contributed by atoms with Gasteiger partial charge in [0.2, 0.25) is 0 Å². The number of hydrogen-bond donors (Lipinski definition) is 0. The molecule has 218 valence electrons. The van der Waals surface area contributed by atoms with E-state index in [1.807, 2.05) is 0 Å². The lowest BCUT2D eigenvalue weighted by Crippen LogP contribution is -2.17. The molecule has 0 saturated carbocycles. The summed E-state index contributed by atoms with van der Waals surface area (Å²) in [5, 5.41) is 12.4. The van der Waals surface area contributed by atoms with E-state index in [-0.39, 0.29) is 22.0 Å². The molecule has 14 heteroatoms. The molecule has 42 heavy (non-hydrogen) atoms. The number of aromatic nitrogens is 5. The average molecular weight is 604 g/mol. The Labute approximate surface area is 236 Å². The summed E-state index contributed by atoms with van der Waals surface area (Å²) in [7, 11) is -3.52. The fraction of sp³-hybridized carbons (Fsp3) is 0.179. The fourth-order valence-corrected chi connectivity index (χ4v) is 5.06. The molecule has 8 nitrogen and oxygen atoms in total. The molecule has 2 heterocycles. The number of halogens is 5. The summed E-state index contributed by atoms with van der Waals surface area (Å²) < 4.78 is 98.0. The van der Waals surface area contributed by atoms with Gasteiger partial charge in [0.25, 0.3) is 5.92 Å². The quantitative estimate of drug-likeness (QED) is 0.197. The van der Waals surface area contributed by atoms with Crippen LogP contribution < -0.4 is 4.74 Å². The lowest BCUT2D eigenvalue weighted by Gasteiger charge is -2.18. The van der Waals surface area contributed by atoms with Crippen molar-refractivity contribution in [1.29, 1.82) is 0 Å². The van der Waals surface area contributed by atoms with Crippen molar-refractivity contribution >= 4 is 9.84 Å². The van der Waals surface area contributed by atoms with E-state index in [2.05, 4.69) is 20.1 Å². The van der Waals surface area contributed by atoms with E-state index in [0.29, 0.717) is 28.1 Å². The van der Waals surface area contributed by atoms with Crippen molar-refractivity contribution < 1.29 is 35.1 Å². The summed E-state index contributed by atoms with van der Waals surface area (Å²) in [4.78, 5) is 0.0869. The summed E-state index contributed by atoms with van der Waals surface area (Å²) in [6.07, 6.45) is -2.42. The average Bonchev–Trinajstić information content (AvgIpc) is 3.54. The van der Waals surface area contributed by atoms with E-state index < -0.39 is 27.9 Å². The van der Waals surface area contributed by atoms with Gasteiger partial charge in [-0.25, -0.2) is 17.8 Å². The van der Waals surface area contributed by atoms with Crippen LogP contribution in [0, 0.1) is 6.92 Å². The summed E-state index contributed by atoms with van der Waals surface area (Å²) in [5.41, 5.74) is 2.18. The number of benzene rings is 3. The second kappa shape index (κ2) is 10.4. The molecule has 0 saturated heterocycles. The predicted octanol–water partition coefficient (Wildman–Crippen LogP) is 6.51. The van der Waals surface area contributed by atoms with Gasteiger partial charge in [-0.05, 0) is 72.6 Å². The highest BCUT2D eigenvalue weighted by Crippen LogP contribution is 2.35. The lowest BCUT2D eigenvalue weighted by atomic mass is 10.0. The van der Waals surface area contributed by atoms with Gasteiger partial charge in [-0.3, -0.25) is 0 Å².